The molecule has 24 heavy (non-hydrogen) atoms. The van der Waals surface area contributed by atoms with Crippen molar-refractivity contribution in [2.75, 3.05) is 6.54 Å². The summed E-state index contributed by atoms with van der Waals surface area (Å²) in [6.45, 7) is 4.58. The maximum Gasteiger partial charge on any atom is 0.272 e. The fourth-order valence-electron chi connectivity index (χ4n) is 2.74. The van der Waals surface area contributed by atoms with Gasteiger partial charge in [0.2, 0.25) is 0 Å². The maximum atomic E-state index is 12.9. The number of H-pyrrole nitrogens is 1. The van der Waals surface area contributed by atoms with Gasteiger partial charge >= 0.3 is 0 Å². The van der Waals surface area contributed by atoms with Crippen LogP contribution in [0.2, 0.25) is 0 Å². The lowest BCUT2D eigenvalue weighted by Gasteiger charge is -2.27. The maximum absolute atomic E-state index is 12.9. The van der Waals surface area contributed by atoms with Crippen LogP contribution in [0.3, 0.4) is 0 Å². The summed E-state index contributed by atoms with van der Waals surface area (Å²) in [6, 6.07) is 15.4. The number of pyridine rings is 1. The molecule has 1 N–H and O–H groups in total. The second kappa shape index (κ2) is 7.08. The molecule has 1 atom stereocenters. The molecule has 0 bridgehead atoms. The third-order valence-corrected chi connectivity index (χ3v) is 4.11. The fourth-order valence-corrected chi connectivity index (χ4v) is 2.74. The van der Waals surface area contributed by atoms with Gasteiger partial charge in [-0.1, -0.05) is 36.4 Å². The van der Waals surface area contributed by atoms with Crippen LogP contribution in [-0.4, -0.2) is 32.5 Å². The molecule has 5 nitrogen and oxygen atoms in total. The molecule has 1 amide bonds. The van der Waals surface area contributed by atoms with Crippen molar-refractivity contribution in [2.24, 2.45) is 0 Å². The van der Waals surface area contributed by atoms with E-state index in [1.807, 2.05) is 56.3 Å². The minimum atomic E-state index is -0.0662. The first-order valence-electron chi connectivity index (χ1n) is 8.02. The van der Waals surface area contributed by atoms with Gasteiger partial charge in [-0.2, -0.15) is 5.10 Å². The number of rotatable bonds is 5. The van der Waals surface area contributed by atoms with Gasteiger partial charge in [0.05, 0.1) is 11.7 Å². The van der Waals surface area contributed by atoms with Crippen molar-refractivity contribution in [3.63, 3.8) is 0 Å². The quantitative estimate of drug-likeness (QED) is 0.780. The SMILES string of the molecule is CCN(C(=O)c1cc(-c2ccccc2)n[nH]1)C(C)c1cccnc1. The van der Waals surface area contributed by atoms with E-state index in [-0.39, 0.29) is 11.9 Å². The number of amides is 1. The molecular formula is C19H20N4O. The van der Waals surface area contributed by atoms with Crippen LogP contribution < -0.4 is 0 Å². The second-order valence-electron chi connectivity index (χ2n) is 5.59. The Bertz CT molecular complexity index is 799. The van der Waals surface area contributed by atoms with Crippen molar-refractivity contribution in [3.05, 3.63) is 72.2 Å². The van der Waals surface area contributed by atoms with Gasteiger partial charge in [0, 0.05) is 24.5 Å². The van der Waals surface area contributed by atoms with Crippen molar-refractivity contribution in [2.45, 2.75) is 19.9 Å². The number of carbonyl (C=O) groups excluding carboxylic acids is 1. The molecule has 1 unspecified atom stereocenters. The summed E-state index contributed by atoms with van der Waals surface area (Å²) < 4.78 is 0. The monoisotopic (exact) mass is 320 g/mol. The van der Waals surface area contributed by atoms with Gasteiger partial charge in [0.15, 0.2) is 0 Å². The Morgan fingerprint density at radius 3 is 2.67 bits per heavy atom. The zero-order valence-corrected chi connectivity index (χ0v) is 13.8. The molecule has 0 aliphatic heterocycles. The summed E-state index contributed by atoms with van der Waals surface area (Å²) in [4.78, 5) is 18.8. The molecule has 1 aromatic carbocycles. The molecule has 0 radical (unpaired) electrons. The van der Waals surface area contributed by atoms with Crippen LogP contribution in [0.15, 0.2) is 60.9 Å². The van der Waals surface area contributed by atoms with E-state index in [9.17, 15) is 4.79 Å². The topological polar surface area (TPSA) is 61.9 Å². The lowest BCUT2D eigenvalue weighted by molar-refractivity contribution is 0.0696. The third-order valence-electron chi connectivity index (χ3n) is 4.11. The van der Waals surface area contributed by atoms with Crippen LogP contribution in [0.5, 0.6) is 0 Å². The number of nitrogens with one attached hydrogen (secondary N) is 1. The Hall–Kier alpha value is -2.95. The standard InChI is InChI=1S/C19H20N4O/c1-3-23(14(2)16-10-7-11-20-13-16)19(24)18-12-17(21-22-18)15-8-5-4-6-9-15/h4-14H,3H2,1-2H3,(H,21,22). The van der Waals surface area contributed by atoms with Crippen LogP contribution in [0.1, 0.15) is 35.9 Å². The molecule has 2 heterocycles. The summed E-state index contributed by atoms with van der Waals surface area (Å²) >= 11 is 0. The average Bonchev–Trinajstić information content (AvgIpc) is 3.14. The summed E-state index contributed by atoms with van der Waals surface area (Å²) in [7, 11) is 0. The van der Waals surface area contributed by atoms with E-state index in [0.717, 1.165) is 16.8 Å². The van der Waals surface area contributed by atoms with Crippen molar-refractivity contribution >= 4 is 5.91 Å². The van der Waals surface area contributed by atoms with E-state index < -0.39 is 0 Å². The van der Waals surface area contributed by atoms with Gasteiger partial charge in [-0.05, 0) is 31.5 Å². The number of benzene rings is 1. The Labute approximate surface area is 141 Å². The first-order valence-corrected chi connectivity index (χ1v) is 8.02. The Kier molecular flexibility index (Phi) is 4.70. The molecule has 0 fully saturated rings. The Morgan fingerprint density at radius 1 is 1.21 bits per heavy atom. The van der Waals surface area contributed by atoms with Crippen LogP contribution >= 0.6 is 0 Å². The van der Waals surface area contributed by atoms with Crippen LogP contribution in [-0.2, 0) is 0 Å². The highest BCUT2D eigenvalue weighted by molar-refractivity contribution is 5.93. The lowest BCUT2D eigenvalue weighted by atomic mass is 10.1. The number of hydrogen-bond donors (Lipinski definition) is 1. The highest BCUT2D eigenvalue weighted by Gasteiger charge is 2.23. The van der Waals surface area contributed by atoms with E-state index in [0.29, 0.717) is 12.2 Å². The zero-order valence-electron chi connectivity index (χ0n) is 13.8. The Balaban J connectivity index is 1.83. The average molecular weight is 320 g/mol. The van der Waals surface area contributed by atoms with Crippen molar-refractivity contribution in [1.82, 2.24) is 20.1 Å². The molecule has 3 aromatic rings. The van der Waals surface area contributed by atoms with Gasteiger partial charge in [-0.3, -0.25) is 14.9 Å². The number of aromatic nitrogens is 3. The largest absolute Gasteiger partial charge is 0.331 e. The first-order chi connectivity index (χ1) is 11.7. The molecule has 122 valence electrons. The molecule has 0 saturated heterocycles. The van der Waals surface area contributed by atoms with E-state index in [2.05, 4.69) is 15.2 Å². The molecular weight excluding hydrogens is 300 g/mol. The molecule has 0 spiro atoms. The predicted octanol–water partition coefficient (Wildman–Crippen LogP) is 3.70. The zero-order chi connectivity index (χ0) is 16.9. The van der Waals surface area contributed by atoms with Gasteiger partial charge < -0.3 is 4.90 Å². The molecule has 0 aliphatic carbocycles. The van der Waals surface area contributed by atoms with Crippen LogP contribution in [0.25, 0.3) is 11.3 Å². The van der Waals surface area contributed by atoms with Crippen LogP contribution in [0.4, 0.5) is 0 Å². The highest BCUT2D eigenvalue weighted by Crippen LogP contribution is 2.23. The fraction of sp³-hybridized carbons (Fsp3) is 0.211. The first kappa shape index (κ1) is 15.9. The Morgan fingerprint density at radius 2 is 2.00 bits per heavy atom. The molecule has 0 aliphatic rings. The molecule has 3 rings (SSSR count). The van der Waals surface area contributed by atoms with Crippen LogP contribution in [0, 0.1) is 0 Å². The van der Waals surface area contributed by atoms with Crippen molar-refractivity contribution < 1.29 is 4.79 Å². The van der Waals surface area contributed by atoms with E-state index in [1.165, 1.54) is 0 Å². The molecule has 2 aromatic heterocycles. The smallest absolute Gasteiger partial charge is 0.272 e. The number of carbonyl (C=O) groups is 1. The minimum absolute atomic E-state index is 0.0559. The highest BCUT2D eigenvalue weighted by atomic mass is 16.2. The van der Waals surface area contributed by atoms with Gasteiger partial charge in [-0.25, -0.2) is 0 Å². The minimum Gasteiger partial charge on any atom is -0.331 e. The van der Waals surface area contributed by atoms with E-state index in [4.69, 9.17) is 0 Å². The van der Waals surface area contributed by atoms with Crippen molar-refractivity contribution in [1.29, 1.82) is 0 Å². The van der Waals surface area contributed by atoms with Gasteiger partial charge in [0.25, 0.3) is 5.91 Å². The summed E-state index contributed by atoms with van der Waals surface area (Å²) in [6.07, 6.45) is 3.53. The van der Waals surface area contributed by atoms with Gasteiger partial charge in [0.1, 0.15) is 5.69 Å². The summed E-state index contributed by atoms with van der Waals surface area (Å²) in [5, 5.41) is 7.14. The summed E-state index contributed by atoms with van der Waals surface area (Å²) in [5.41, 5.74) is 3.25. The number of nitrogens with zero attached hydrogens (tertiary/aromatic N) is 3. The molecule has 5 heteroatoms. The van der Waals surface area contributed by atoms with E-state index in [1.54, 1.807) is 23.4 Å². The van der Waals surface area contributed by atoms with Crippen molar-refractivity contribution in [3.8, 4) is 11.3 Å². The van der Waals surface area contributed by atoms with Gasteiger partial charge in [-0.15, -0.1) is 0 Å². The normalized spacial score (nSPS) is 11.9. The number of hydrogen-bond acceptors (Lipinski definition) is 3. The molecule has 0 saturated carbocycles. The second-order valence-corrected chi connectivity index (χ2v) is 5.59. The summed E-state index contributed by atoms with van der Waals surface area (Å²) in [5.74, 6) is -0.0662. The number of aromatic amines is 1. The third kappa shape index (κ3) is 3.20. The predicted molar refractivity (Wildman–Crippen MR) is 93.4 cm³/mol. The van der Waals surface area contributed by atoms with E-state index >= 15 is 0 Å². The lowest BCUT2D eigenvalue weighted by Crippen LogP contribution is -2.33.